The van der Waals surface area contributed by atoms with Crippen LogP contribution in [0.3, 0.4) is 0 Å². The highest BCUT2D eigenvalue weighted by atomic mass is 32.1. The van der Waals surface area contributed by atoms with E-state index >= 15 is 0 Å². The SMILES string of the molecule is N#Cc1cccc(C2NC(c3ccccc3)N2c2ccc(-n3c4ccccc4c4cc(-c5cccc6c5sc5ccccc56)ccc43)cc2)c1. The van der Waals surface area contributed by atoms with Gasteiger partial charge in [0.15, 0.2) is 0 Å². The second-order valence-corrected chi connectivity index (χ2v) is 14.0. The van der Waals surface area contributed by atoms with Crippen molar-refractivity contribution < 1.29 is 0 Å². The highest BCUT2D eigenvalue weighted by Crippen LogP contribution is 2.44. The fraction of sp³-hybridized carbons (Fsp3) is 0.0444. The maximum atomic E-state index is 9.58. The maximum Gasteiger partial charge on any atom is 0.109 e. The summed E-state index contributed by atoms with van der Waals surface area (Å²) >= 11 is 1.88. The van der Waals surface area contributed by atoms with Crippen LogP contribution in [-0.4, -0.2) is 4.57 Å². The van der Waals surface area contributed by atoms with E-state index in [4.69, 9.17) is 0 Å². The average Bonchev–Trinajstić information content (AvgIpc) is 3.71. The van der Waals surface area contributed by atoms with E-state index in [1.165, 1.54) is 58.7 Å². The number of thiophene rings is 1. The zero-order valence-corrected chi connectivity index (χ0v) is 27.8. The summed E-state index contributed by atoms with van der Waals surface area (Å²) in [5, 5.41) is 18.5. The van der Waals surface area contributed by atoms with Crippen molar-refractivity contribution in [3.05, 3.63) is 180 Å². The number of aromatic nitrogens is 1. The Bertz CT molecular complexity index is 2770. The van der Waals surface area contributed by atoms with Crippen LogP contribution in [0.5, 0.6) is 0 Å². The van der Waals surface area contributed by atoms with Gasteiger partial charge in [-0.05, 0) is 82.9 Å². The number of fused-ring (bicyclic) bond motifs is 6. The van der Waals surface area contributed by atoms with Crippen LogP contribution in [0.2, 0.25) is 0 Å². The van der Waals surface area contributed by atoms with Gasteiger partial charge in [-0.25, -0.2) is 0 Å². The molecule has 4 nitrogen and oxygen atoms in total. The van der Waals surface area contributed by atoms with Crippen LogP contribution in [0.25, 0.3) is 58.8 Å². The van der Waals surface area contributed by atoms with E-state index in [-0.39, 0.29) is 12.3 Å². The number of hydrogen-bond acceptors (Lipinski definition) is 4. The first-order chi connectivity index (χ1) is 24.7. The molecule has 7 aromatic carbocycles. The third kappa shape index (κ3) is 4.47. The van der Waals surface area contributed by atoms with Gasteiger partial charge in [-0.1, -0.05) is 103 Å². The fourth-order valence-corrected chi connectivity index (χ4v) is 9.01. The van der Waals surface area contributed by atoms with Gasteiger partial charge in [0.1, 0.15) is 12.3 Å². The first-order valence-corrected chi connectivity index (χ1v) is 17.7. The van der Waals surface area contributed by atoms with E-state index in [1.807, 2.05) is 35.6 Å². The number of nitrogens with one attached hydrogen (secondary N) is 1. The predicted octanol–water partition coefficient (Wildman–Crippen LogP) is 11.5. The van der Waals surface area contributed by atoms with Crippen LogP contribution in [-0.2, 0) is 0 Å². The molecule has 3 heterocycles. The quantitative estimate of drug-likeness (QED) is 0.200. The van der Waals surface area contributed by atoms with E-state index in [1.54, 1.807) is 0 Å². The summed E-state index contributed by atoms with van der Waals surface area (Å²) in [4.78, 5) is 2.41. The zero-order chi connectivity index (χ0) is 33.2. The third-order valence-electron chi connectivity index (χ3n) is 10.1. The van der Waals surface area contributed by atoms with Crippen molar-refractivity contribution in [2.45, 2.75) is 12.3 Å². The summed E-state index contributed by atoms with van der Waals surface area (Å²) in [6.07, 6.45) is -0.0220. The van der Waals surface area contributed by atoms with E-state index in [0.717, 1.165) is 16.9 Å². The number of anilines is 1. The van der Waals surface area contributed by atoms with Crippen molar-refractivity contribution in [1.29, 1.82) is 5.26 Å². The lowest BCUT2D eigenvalue weighted by molar-refractivity contribution is 0.276. The summed E-state index contributed by atoms with van der Waals surface area (Å²) in [6, 6.07) is 60.7. The van der Waals surface area contributed by atoms with Crippen molar-refractivity contribution >= 4 is 59.0 Å². The molecule has 2 unspecified atom stereocenters. The molecule has 0 bridgehead atoms. The molecule has 0 saturated carbocycles. The Morgan fingerprint density at radius 2 is 1.22 bits per heavy atom. The summed E-state index contributed by atoms with van der Waals surface area (Å²) in [5.74, 6) is 0. The van der Waals surface area contributed by atoms with Gasteiger partial charge in [0.05, 0.1) is 22.7 Å². The minimum atomic E-state index is -0.0450. The van der Waals surface area contributed by atoms with Crippen LogP contribution < -0.4 is 10.2 Å². The van der Waals surface area contributed by atoms with Gasteiger partial charge in [-0.3, -0.25) is 5.32 Å². The molecular weight excluding hydrogens is 629 g/mol. The third-order valence-corrected chi connectivity index (χ3v) is 11.3. The molecule has 10 rings (SSSR count). The van der Waals surface area contributed by atoms with Gasteiger partial charge >= 0.3 is 0 Å². The van der Waals surface area contributed by atoms with Crippen LogP contribution in [0.4, 0.5) is 5.69 Å². The van der Waals surface area contributed by atoms with Crippen LogP contribution in [0, 0.1) is 11.3 Å². The van der Waals surface area contributed by atoms with Crippen molar-refractivity contribution in [3.8, 4) is 22.9 Å². The minimum absolute atomic E-state index is 0.0230. The first-order valence-electron chi connectivity index (χ1n) is 16.9. The molecule has 5 heteroatoms. The Morgan fingerprint density at radius 1 is 0.540 bits per heavy atom. The number of rotatable bonds is 5. The van der Waals surface area contributed by atoms with Crippen LogP contribution >= 0.6 is 11.3 Å². The summed E-state index contributed by atoms with van der Waals surface area (Å²) in [6.45, 7) is 0. The van der Waals surface area contributed by atoms with Crippen LogP contribution in [0.1, 0.15) is 29.0 Å². The molecule has 1 saturated heterocycles. The zero-order valence-electron chi connectivity index (χ0n) is 27.0. The second kappa shape index (κ2) is 11.5. The van der Waals surface area contributed by atoms with Gasteiger partial charge in [0.2, 0.25) is 0 Å². The molecule has 1 N–H and O–H groups in total. The van der Waals surface area contributed by atoms with Crippen molar-refractivity contribution in [2.75, 3.05) is 4.90 Å². The number of para-hydroxylation sites is 1. The van der Waals surface area contributed by atoms with Crippen molar-refractivity contribution in [1.82, 2.24) is 9.88 Å². The molecule has 2 atom stereocenters. The Kier molecular flexibility index (Phi) is 6.60. The van der Waals surface area contributed by atoms with Crippen molar-refractivity contribution in [3.63, 3.8) is 0 Å². The number of nitriles is 1. The normalized spacial score (nSPS) is 15.9. The van der Waals surface area contributed by atoms with Crippen molar-refractivity contribution in [2.24, 2.45) is 0 Å². The number of hydrogen-bond donors (Lipinski definition) is 1. The molecule has 0 spiro atoms. The molecule has 9 aromatic rings. The largest absolute Gasteiger partial charge is 0.332 e. The van der Waals surface area contributed by atoms with Gasteiger partial charge in [-0.2, -0.15) is 5.26 Å². The fourth-order valence-electron chi connectivity index (χ4n) is 7.77. The Balaban J connectivity index is 1.07. The molecule has 1 aliphatic rings. The predicted molar refractivity (Wildman–Crippen MR) is 208 cm³/mol. The molecule has 50 heavy (non-hydrogen) atoms. The van der Waals surface area contributed by atoms with Gasteiger partial charge in [-0.15, -0.1) is 11.3 Å². The Labute approximate surface area is 293 Å². The standard InChI is InChI=1S/C45H30N4S/c46-28-29-10-8-13-32(26-29)45-47-44(30-11-2-1-3-12-30)49(45)34-23-21-33(22-24-34)48-40-18-6-4-14-36(40)39-27-31(20-25-41(39)48)35-16-9-17-38-37-15-5-7-19-42(37)50-43(35)38/h1-27,44-45,47H. The lowest BCUT2D eigenvalue weighted by Gasteiger charge is -2.51. The topological polar surface area (TPSA) is 44.0 Å². The highest BCUT2D eigenvalue weighted by molar-refractivity contribution is 7.26. The minimum Gasteiger partial charge on any atom is -0.332 e. The van der Waals surface area contributed by atoms with E-state index in [0.29, 0.717) is 5.56 Å². The van der Waals surface area contributed by atoms with Gasteiger partial charge in [0, 0.05) is 42.3 Å². The lowest BCUT2D eigenvalue weighted by atomic mass is 9.98. The van der Waals surface area contributed by atoms with Gasteiger partial charge < -0.3 is 9.47 Å². The maximum absolute atomic E-state index is 9.58. The Morgan fingerprint density at radius 3 is 2.08 bits per heavy atom. The summed E-state index contributed by atoms with van der Waals surface area (Å²) < 4.78 is 5.04. The molecule has 1 aliphatic heterocycles. The molecular formula is C45H30N4S. The smallest absolute Gasteiger partial charge is 0.109 e. The number of nitrogens with zero attached hydrogens (tertiary/aromatic N) is 3. The van der Waals surface area contributed by atoms with E-state index < -0.39 is 0 Å². The summed E-state index contributed by atoms with van der Waals surface area (Å²) in [5.41, 5.74) is 10.1. The molecule has 1 fully saturated rings. The van der Waals surface area contributed by atoms with Crippen LogP contribution in [0.15, 0.2) is 164 Å². The molecule has 0 radical (unpaired) electrons. The highest BCUT2D eigenvalue weighted by Gasteiger charge is 2.39. The summed E-state index contributed by atoms with van der Waals surface area (Å²) in [7, 11) is 0. The molecule has 236 valence electrons. The van der Waals surface area contributed by atoms with E-state index in [2.05, 4.69) is 160 Å². The average molecular weight is 659 g/mol. The van der Waals surface area contributed by atoms with Gasteiger partial charge in [0.25, 0.3) is 0 Å². The molecule has 0 amide bonds. The molecule has 0 aliphatic carbocycles. The lowest BCUT2D eigenvalue weighted by Crippen LogP contribution is -2.57. The van der Waals surface area contributed by atoms with E-state index in [9.17, 15) is 5.26 Å². The monoisotopic (exact) mass is 658 g/mol. The second-order valence-electron chi connectivity index (χ2n) is 12.9. The Hall–Kier alpha value is -6.19. The number of benzene rings is 7. The first kappa shape index (κ1) is 28.8. The molecule has 2 aromatic heterocycles.